The highest BCUT2D eigenvalue weighted by Crippen LogP contribution is 2.21. The molecule has 0 atom stereocenters. The van der Waals surface area contributed by atoms with Gasteiger partial charge >= 0.3 is 0 Å². The molecule has 0 aliphatic carbocycles. The van der Waals surface area contributed by atoms with Gasteiger partial charge in [-0.25, -0.2) is 0 Å². The number of halogens is 1. The first-order valence-corrected chi connectivity index (χ1v) is 6.42. The second kappa shape index (κ2) is 6.23. The predicted octanol–water partition coefficient (Wildman–Crippen LogP) is 2.76. The van der Waals surface area contributed by atoms with E-state index in [9.17, 15) is 14.9 Å². The Morgan fingerprint density at radius 3 is 2.52 bits per heavy atom. The van der Waals surface area contributed by atoms with Crippen molar-refractivity contribution in [2.45, 2.75) is 6.54 Å². The van der Waals surface area contributed by atoms with Crippen LogP contribution in [0.2, 0.25) is 5.02 Å². The second-order valence-corrected chi connectivity index (χ2v) is 4.78. The van der Waals surface area contributed by atoms with Gasteiger partial charge in [0, 0.05) is 23.3 Å². The lowest BCUT2D eigenvalue weighted by molar-refractivity contribution is -0.385. The Hall–Kier alpha value is -2.60. The van der Waals surface area contributed by atoms with Crippen LogP contribution in [0.1, 0.15) is 15.9 Å². The van der Waals surface area contributed by atoms with Crippen LogP contribution in [0.25, 0.3) is 0 Å². The van der Waals surface area contributed by atoms with E-state index in [1.807, 2.05) is 0 Å². The Kier molecular flexibility index (Phi) is 4.39. The van der Waals surface area contributed by atoms with Gasteiger partial charge in [0.05, 0.1) is 4.92 Å². The van der Waals surface area contributed by atoms with Crippen molar-refractivity contribution in [3.8, 4) is 0 Å². The van der Waals surface area contributed by atoms with Crippen LogP contribution in [0.3, 0.4) is 0 Å². The molecule has 108 valence electrons. The molecule has 0 fully saturated rings. The smallest absolute Gasteiger partial charge is 0.282 e. The Balaban J connectivity index is 2.15. The lowest BCUT2D eigenvalue weighted by Gasteiger charge is -2.07. The van der Waals surface area contributed by atoms with Gasteiger partial charge in [-0.1, -0.05) is 23.7 Å². The lowest BCUT2D eigenvalue weighted by atomic mass is 10.1. The number of benzene rings is 2. The zero-order valence-corrected chi connectivity index (χ0v) is 11.6. The third-order valence-corrected chi connectivity index (χ3v) is 3.08. The maximum atomic E-state index is 12.1. The van der Waals surface area contributed by atoms with Crippen molar-refractivity contribution in [3.05, 3.63) is 68.7 Å². The van der Waals surface area contributed by atoms with Gasteiger partial charge in [-0.05, 0) is 29.8 Å². The molecule has 0 aliphatic heterocycles. The van der Waals surface area contributed by atoms with Gasteiger partial charge in [0.25, 0.3) is 11.6 Å². The summed E-state index contributed by atoms with van der Waals surface area (Å²) >= 11 is 5.77. The first-order valence-electron chi connectivity index (χ1n) is 6.04. The first-order chi connectivity index (χ1) is 9.97. The quantitative estimate of drug-likeness (QED) is 0.515. The molecule has 0 saturated carbocycles. The van der Waals surface area contributed by atoms with Crippen LogP contribution in [0.15, 0.2) is 42.5 Å². The summed E-state index contributed by atoms with van der Waals surface area (Å²) < 4.78 is 0. The molecular formula is C14H12ClN3O3. The second-order valence-electron chi connectivity index (χ2n) is 4.34. The van der Waals surface area contributed by atoms with Gasteiger partial charge in [-0.2, -0.15) is 0 Å². The van der Waals surface area contributed by atoms with Crippen molar-refractivity contribution in [3.63, 3.8) is 0 Å². The predicted molar refractivity (Wildman–Crippen MR) is 80.1 cm³/mol. The number of nitrogens with zero attached hydrogens (tertiary/aromatic N) is 1. The molecule has 0 saturated heterocycles. The molecule has 0 spiro atoms. The van der Waals surface area contributed by atoms with Crippen LogP contribution in [-0.2, 0) is 6.54 Å². The Labute approximate surface area is 125 Å². The summed E-state index contributed by atoms with van der Waals surface area (Å²) in [5.74, 6) is -0.552. The van der Waals surface area contributed by atoms with Crippen molar-refractivity contribution in [2.24, 2.45) is 0 Å². The summed E-state index contributed by atoms with van der Waals surface area (Å²) in [6.07, 6.45) is 0. The van der Waals surface area contributed by atoms with E-state index in [4.69, 9.17) is 17.3 Å². The van der Waals surface area contributed by atoms with E-state index in [-0.39, 0.29) is 23.5 Å². The molecule has 2 aromatic rings. The van der Waals surface area contributed by atoms with Crippen molar-refractivity contribution in [2.75, 3.05) is 5.73 Å². The van der Waals surface area contributed by atoms with E-state index < -0.39 is 10.8 Å². The minimum absolute atomic E-state index is 0.0611. The van der Waals surface area contributed by atoms with Gasteiger partial charge < -0.3 is 11.1 Å². The zero-order valence-electron chi connectivity index (χ0n) is 10.9. The number of nitro benzene ring substituents is 1. The van der Waals surface area contributed by atoms with Gasteiger partial charge in [-0.15, -0.1) is 0 Å². The normalized spacial score (nSPS) is 10.1. The van der Waals surface area contributed by atoms with Crippen LogP contribution >= 0.6 is 11.6 Å². The number of carbonyl (C=O) groups excluding carboxylic acids is 1. The summed E-state index contributed by atoms with van der Waals surface area (Å²) in [5, 5.41) is 14.1. The number of rotatable bonds is 4. The van der Waals surface area contributed by atoms with Crippen molar-refractivity contribution >= 4 is 28.9 Å². The number of nitro groups is 1. The fourth-order valence-corrected chi connectivity index (χ4v) is 1.90. The van der Waals surface area contributed by atoms with E-state index in [2.05, 4.69) is 5.32 Å². The maximum Gasteiger partial charge on any atom is 0.282 e. The summed E-state index contributed by atoms with van der Waals surface area (Å²) in [6.45, 7) is 0.238. The van der Waals surface area contributed by atoms with E-state index >= 15 is 0 Å². The van der Waals surface area contributed by atoms with Crippen LogP contribution in [0.4, 0.5) is 11.4 Å². The SMILES string of the molecule is Nc1ccc([N+](=O)[O-])c(C(=O)NCc2ccc(Cl)cc2)c1. The average Bonchev–Trinajstić information content (AvgIpc) is 2.46. The summed E-state index contributed by atoms with van der Waals surface area (Å²) in [6, 6.07) is 10.8. The molecule has 1 amide bonds. The molecule has 0 unspecified atom stereocenters. The highest BCUT2D eigenvalue weighted by atomic mass is 35.5. The number of hydrogen-bond donors (Lipinski definition) is 2. The molecule has 2 aromatic carbocycles. The Bertz CT molecular complexity index is 686. The van der Waals surface area contributed by atoms with E-state index in [1.165, 1.54) is 18.2 Å². The standard InChI is InChI=1S/C14H12ClN3O3/c15-10-3-1-9(2-4-10)8-17-14(19)12-7-11(16)5-6-13(12)18(20)21/h1-7H,8,16H2,(H,17,19). The minimum atomic E-state index is -0.614. The monoisotopic (exact) mass is 305 g/mol. The Morgan fingerprint density at radius 2 is 1.90 bits per heavy atom. The van der Waals surface area contributed by atoms with Crippen LogP contribution in [0, 0.1) is 10.1 Å². The Morgan fingerprint density at radius 1 is 1.24 bits per heavy atom. The van der Waals surface area contributed by atoms with E-state index in [1.54, 1.807) is 24.3 Å². The van der Waals surface area contributed by atoms with Crippen molar-refractivity contribution in [1.29, 1.82) is 0 Å². The largest absolute Gasteiger partial charge is 0.399 e. The maximum absolute atomic E-state index is 12.1. The van der Waals surface area contributed by atoms with Gasteiger partial charge in [0.2, 0.25) is 0 Å². The first kappa shape index (κ1) is 14.8. The molecule has 2 rings (SSSR count). The number of nitrogens with one attached hydrogen (secondary N) is 1. The summed E-state index contributed by atoms with van der Waals surface area (Å²) in [5.41, 5.74) is 6.35. The van der Waals surface area contributed by atoms with Gasteiger partial charge in [-0.3, -0.25) is 14.9 Å². The number of anilines is 1. The molecule has 21 heavy (non-hydrogen) atoms. The van der Waals surface area contributed by atoms with Crippen LogP contribution < -0.4 is 11.1 Å². The third-order valence-electron chi connectivity index (χ3n) is 2.83. The molecule has 7 heteroatoms. The van der Waals surface area contributed by atoms with Gasteiger partial charge in [0.1, 0.15) is 5.56 Å². The number of nitrogens with two attached hydrogens (primary N) is 1. The molecular weight excluding hydrogens is 294 g/mol. The fraction of sp³-hybridized carbons (Fsp3) is 0.0714. The highest BCUT2D eigenvalue weighted by Gasteiger charge is 2.19. The van der Waals surface area contributed by atoms with Gasteiger partial charge in [0.15, 0.2) is 0 Å². The average molecular weight is 306 g/mol. The third kappa shape index (κ3) is 3.70. The fourth-order valence-electron chi connectivity index (χ4n) is 1.77. The lowest BCUT2D eigenvalue weighted by Crippen LogP contribution is -2.23. The number of hydrogen-bond acceptors (Lipinski definition) is 4. The summed E-state index contributed by atoms with van der Waals surface area (Å²) in [4.78, 5) is 22.4. The minimum Gasteiger partial charge on any atom is -0.399 e. The molecule has 3 N–H and O–H groups in total. The zero-order chi connectivity index (χ0) is 15.4. The molecule has 0 bridgehead atoms. The molecule has 6 nitrogen and oxygen atoms in total. The highest BCUT2D eigenvalue weighted by molar-refractivity contribution is 6.30. The van der Waals surface area contributed by atoms with Crippen molar-refractivity contribution in [1.82, 2.24) is 5.32 Å². The number of amides is 1. The molecule has 0 aliphatic rings. The van der Waals surface area contributed by atoms with E-state index in [0.29, 0.717) is 5.02 Å². The molecule has 0 aromatic heterocycles. The van der Waals surface area contributed by atoms with Crippen molar-refractivity contribution < 1.29 is 9.72 Å². The summed E-state index contributed by atoms with van der Waals surface area (Å²) in [7, 11) is 0. The van der Waals surface area contributed by atoms with Crippen LogP contribution in [0.5, 0.6) is 0 Å². The topological polar surface area (TPSA) is 98.3 Å². The number of nitrogen functional groups attached to an aromatic ring is 1. The molecule has 0 heterocycles. The van der Waals surface area contributed by atoms with Crippen LogP contribution in [-0.4, -0.2) is 10.8 Å². The molecule has 0 radical (unpaired) electrons. The van der Waals surface area contributed by atoms with E-state index in [0.717, 1.165) is 5.56 Å². The number of carbonyl (C=O) groups is 1.